The highest BCUT2D eigenvalue weighted by Crippen LogP contribution is 2.32. The molecule has 1 saturated carbocycles. The van der Waals surface area contributed by atoms with Crippen LogP contribution in [-0.2, 0) is 0 Å². The lowest BCUT2D eigenvalue weighted by Gasteiger charge is -2.36. The normalized spacial score (nSPS) is 23.1. The summed E-state index contributed by atoms with van der Waals surface area (Å²) in [5, 5.41) is 11.5. The molecule has 0 spiro atoms. The summed E-state index contributed by atoms with van der Waals surface area (Å²) in [4.78, 5) is 2.03. The van der Waals surface area contributed by atoms with Gasteiger partial charge in [0.15, 0.2) is 5.84 Å². The van der Waals surface area contributed by atoms with E-state index in [0.717, 1.165) is 18.8 Å². The second kappa shape index (κ2) is 6.78. The molecule has 1 aliphatic carbocycles. The topological polar surface area (TPSA) is 61.8 Å². The lowest BCUT2D eigenvalue weighted by Crippen LogP contribution is -2.35. The predicted octanol–water partition coefficient (Wildman–Crippen LogP) is 3.33. The first kappa shape index (κ1) is 15.6. The quantitative estimate of drug-likeness (QED) is 0.387. The smallest absolute Gasteiger partial charge is 0.170 e. The summed E-state index contributed by atoms with van der Waals surface area (Å²) in [5.74, 6) is 0.410. The van der Waals surface area contributed by atoms with Gasteiger partial charge < -0.3 is 15.8 Å². The van der Waals surface area contributed by atoms with Crippen molar-refractivity contribution in [1.82, 2.24) is 0 Å². The minimum Gasteiger partial charge on any atom is -0.409 e. The van der Waals surface area contributed by atoms with Crippen LogP contribution in [-0.4, -0.2) is 24.1 Å². The van der Waals surface area contributed by atoms with Gasteiger partial charge in [0.1, 0.15) is 5.82 Å². The Bertz CT molecular complexity index is 510. The molecule has 5 heteroatoms. The molecule has 1 fully saturated rings. The number of oxime groups is 1. The number of hydrogen-bond acceptors (Lipinski definition) is 3. The van der Waals surface area contributed by atoms with Gasteiger partial charge in [-0.1, -0.05) is 18.5 Å². The molecule has 116 valence electrons. The molecule has 0 atom stereocenters. The van der Waals surface area contributed by atoms with Crippen LogP contribution in [0.3, 0.4) is 0 Å². The van der Waals surface area contributed by atoms with Gasteiger partial charge in [-0.3, -0.25) is 0 Å². The minimum absolute atomic E-state index is 0.0773. The van der Waals surface area contributed by atoms with Gasteiger partial charge in [0.05, 0.1) is 5.69 Å². The molecule has 2 rings (SSSR count). The summed E-state index contributed by atoms with van der Waals surface area (Å²) in [5.41, 5.74) is 6.45. The fourth-order valence-electron chi connectivity index (χ4n) is 3.15. The summed E-state index contributed by atoms with van der Waals surface area (Å²) >= 11 is 0. The minimum atomic E-state index is -0.334. The molecule has 0 aromatic heterocycles. The van der Waals surface area contributed by atoms with Crippen LogP contribution in [0.15, 0.2) is 23.4 Å². The second-order valence-electron chi connectivity index (χ2n) is 5.85. The van der Waals surface area contributed by atoms with Crippen molar-refractivity contribution >= 4 is 11.5 Å². The zero-order valence-electron chi connectivity index (χ0n) is 12.7. The Labute approximate surface area is 125 Å². The maximum atomic E-state index is 14.3. The van der Waals surface area contributed by atoms with Crippen molar-refractivity contribution in [2.75, 3.05) is 11.9 Å². The largest absolute Gasteiger partial charge is 0.409 e. The van der Waals surface area contributed by atoms with Crippen LogP contribution < -0.4 is 10.6 Å². The average Bonchev–Trinajstić information content (AvgIpc) is 2.53. The van der Waals surface area contributed by atoms with Gasteiger partial charge >= 0.3 is 0 Å². The third-order valence-electron chi connectivity index (χ3n) is 4.67. The Morgan fingerprint density at radius 1 is 1.38 bits per heavy atom. The zero-order valence-corrected chi connectivity index (χ0v) is 12.7. The number of nitrogens with zero attached hydrogens (tertiary/aromatic N) is 2. The van der Waals surface area contributed by atoms with Crippen LogP contribution >= 0.6 is 0 Å². The highest BCUT2D eigenvalue weighted by Gasteiger charge is 2.24. The van der Waals surface area contributed by atoms with E-state index >= 15 is 0 Å². The van der Waals surface area contributed by atoms with E-state index < -0.39 is 0 Å². The molecular formula is C16H24FN3O. The number of halogens is 1. The molecule has 21 heavy (non-hydrogen) atoms. The third-order valence-corrected chi connectivity index (χ3v) is 4.67. The van der Waals surface area contributed by atoms with Crippen LogP contribution in [0.25, 0.3) is 0 Å². The maximum absolute atomic E-state index is 14.3. The maximum Gasteiger partial charge on any atom is 0.170 e. The average molecular weight is 293 g/mol. The summed E-state index contributed by atoms with van der Waals surface area (Å²) in [6, 6.07) is 5.09. The summed E-state index contributed by atoms with van der Waals surface area (Å²) in [6.45, 7) is 2.24. The predicted molar refractivity (Wildman–Crippen MR) is 83.4 cm³/mol. The molecule has 1 aliphatic rings. The van der Waals surface area contributed by atoms with E-state index in [1.807, 2.05) is 11.9 Å². The number of benzene rings is 1. The Morgan fingerprint density at radius 2 is 2.05 bits per heavy atom. The summed E-state index contributed by atoms with van der Waals surface area (Å²) in [6.07, 6.45) is 5.89. The van der Waals surface area contributed by atoms with E-state index in [9.17, 15) is 4.39 Å². The molecule has 1 aromatic carbocycles. The third kappa shape index (κ3) is 3.46. The first-order valence-corrected chi connectivity index (χ1v) is 7.57. The SMILES string of the molecule is CCC1CCC(N(C)c2ccc(C(N)=NO)cc2F)CC1. The first-order chi connectivity index (χ1) is 10.1. The molecular weight excluding hydrogens is 269 g/mol. The molecule has 1 aromatic rings. The van der Waals surface area contributed by atoms with Gasteiger partial charge in [-0.2, -0.15) is 0 Å². The van der Waals surface area contributed by atoms with Gasteiger partial charge in [-0.05, 0) is 49.8 Å². The van der Waals surface area contributed by atoms with Crippen molar-refractivity contribution in [3.8, 4) is 0 Å². The van der Waals surface area contributed by atoms with Crippen molar-refractivity contribution in [3.05, 3.63) is 29.6 Å². The van der Waals surface area contributed by atoms with Crippen LogP contribution in [0.1, 0.15) is 44.6 Å². The van der Waals surface area contributed by atoms with Gasteiger partial charge in [0, 0.05) is 18.7 Å². The molecule has 0 saturated heterocycles. The van der Waals surface area contributed by atoms with E-state index in [1.54, 1.807) is 12.1 Å². The van der Waals surface area contributed by atoms with E-state index in [1.165, 1.54) is 25.3 Å². The Hall–Kier alpha value is -1.78. The zero-order chi connectivity index (χ0) is 15.4. The van der Waals surface area contributed by atoms with Crippen molar-refractivity contribution < 1.29 is 9.60 Å². The van der Waals surface area contributed by atoms with E-state index in [4.69, 9.17) is 10.9 Å². The van der Waals surface area contributed by atoms with Crippen LogP contribution in [0.4, 0.5) is 10.1 Å². The van der Waals surface area contributed by atoms with Crippen molar-refractivity contribution in [2.24, 2.45) is 16.8 Å². The number of hydrogen-bond donors (Lipinski definition) is 2. The first-order valence-electron chi connectivity index (χ1n) is 7.57. The lowest BCUT2D eigenvalue weighted by atomic mass is 9.84. The van der Waals surface area contributed by atoms with Gasteiger partial charge in [-0.15, -0.1) is 0 Å². The molecule has 0 bridgehead atoms. The fourth-order valence-corrected chi connectivity index (χ4v) is 3.15. The van der Waals surface area contributed by atoms with Gasteiger partial charge in [-0.25, -0.2) is 4.39 Å². The molecule has 0 unspecified atom stereocenters. The van der Waals surface area contributed by atoms with Crippen molar-refractivity contribution in [3.63, 3.8) is 0 Å². The molecule has 0 aliphatic heterocycles. The summed E-state index contributed by atoms with van der Waals surface area (Å²) in [7, 11) is 1.94. The van der Waals surface area contributed by atoms with Crippen LogP contribution in [0.2, 0.25) is 0 Å². The highest BCUT2D eigenvalue weighted by molar-refractivity contribution is 5.97. The lowest BCUT2D eigenvalue weighted by molar-refractivity contribution is 0.312. The molecule has 0 amide bonds. The van der Waals surface area contributed by atoms with E-state index in [0.29, 0.717) is 17.3 Å². The summed E-state index contributed by atoms with van der Waals surface area (Å²) < 4.78 is 14.3. The van der Waals surface area contributed by atoms with Crippen LogP contribution in [0, 0.1) is 11.7 Å². The van der Waals surface area contributed by atoms with E-state index in [-0.39, 0.29) is 11.7 Å². The second-order valence-corrected chi connectivity index (χ2v) is 5.85. The fraction of sp³-hybridized carbons (Fsp3) is 0.562. The molecule has 4 nitrogen and oxygen atoms in total. The molecule has 0 radical (unpaired) electrons. The Morgan fingerprint density at radius 3 is 2.57 bits per heavy atom. The Balaban J connectivity index is 2.11. The van der Waals surface area contributed by atoms with Crippen LogP contribution in [0.5, 0.6) is 0 Å². The molecule has 0 heterocycles. The standard InChI is InChI=1S/C16H24FN3O/c1-3-11-4-7-13(8-5-11)20(2)15-9-6-12(10-14(15)17)16(18)19-21/h6,9-11,13,21H,3-5,7-8H2,1-2H3,(H2,18,19). The van der Waals surface area contributed by atoms with E-state index in [2.05, 4.69) is 12.1 Å². The number of amidine groups is 1. The number of anilines is 1. The van der Waals surface area contributed by atoms with Crippen molar-refractivity contribution in [2.45, 2.75) is 45.1 Å². The molecule has 3 N–H and O–H groups in total. The van der Waals surface area contributed by atoms with Crippen molar-refractivity contribution in [1.29, 1.82) is 0 Å². The number of rotatable bonds is 4. The highest BCUT2D eigenvalue weighted by atomic mass is 19.1. The number of nitrogens with two attached hydrogens (primary N) is 1. The van der Waals surface area contributed by atoms with Gasteiger partial charge in [0.2, 0.25) is 0 Å². The van der Waals surface area contributed by atoms with Gasteiger partial charge in [0.25, 0.3) is 0 Å². The Kier molecular flexibility index (Phi) is 5.04. The monoisotopic (exact) mass is 293 g/mol.